The first-order valence-electron chi connectivity index (χ1n) is 12.7. The fraction of sp³-hybridized carbons (Fsp3) is 0.519. The number of aromatic amines is 1. The van der Waals surface area contributed by atoms with Crippen molar-refractivity contribution in [3.63, 3.8) is 0 Å². The molecule has 194 valence electrons. The number of carbonyl (C=O) groups is 2. The predicted octanol–water partition coefficient (Wildman–Crippen LogP) is 4.34. The molecule has 0 radical (unpaired) electrons. The Morgan fingerprint density at radius 3 is 2.56 bits per heavy atom. The van der Waals surface area contributed by atoms with Gasteiger partial charge in [-0.05, 0) is 56.9 Å². The molecule has 0 saturated carbocycles. The number of nitrogens with one attached hydrogen (secondary N) is 3. The molecule has 0 aliphatic carbocycles. The number of hydrogen-bond donors (Lipinski definition) is 3. The molecule has 0 bridgehead atoms. The third-order valence-electron chi connectivity index (χ3n) is 6.70. The van der Waals surface area contributed by atoms with E-state index in [0.717, 1.165) is 38.5 Å². The quantitative estimate of drug-likeness (QED) is 0.332. The van der Waals surface area contributed by atoms with Crippen LogP contribution in [0.5, 0.6) is 0 Å². The van der Waals surface area contributed by atoms with Crippen LogP contribution in [0.25, 0.3) is 0 Å². The van der Waals surface area contributed by atoms with E-state index in [2.05, 4.69) is 24.1 Å². The van der Waals surface area contributed by atoms with Crippen LogP contribution >= 0.6 is 0 Å². The zero-order valence-corrected chi connectivity index (χ0v) is 21.6. The number of benzene rings is 1. The number of H-pyrrole nitrogens is 1. The van der Waals surface area contributed by atoms with Crippen molar-refractivity contribution >= 4 is 23.4 Å². The number of nitrogens with zero attached hydrogens (tertiary/aromatic N) is 2. The molecule has 3 N–H and O–H groups in total. The van der Waals surface area contributed by atoms with E-state index in [1.165, 1.54) is 7.11 Å². The molecule has 0 spiro atoms. The molecule has 2 aromatic rings. The van der Waals surface area contributed by atoms with Crippen molar-refractivity contribution in [2.75, 3.05) is 25.5 Å². The van der Waals surface area contributed by atoms with Crippen LogP contribution in [0.15, 0.2) is 29.1 Å². The Morgan fingerprint density at radius 2 is 1.94 bits per heavy atom. The van der Waals surface area contributed by atoms with Crippen molar-refractivity contribution in [1.82, 2.24) is 14.9 Å². The van der Waals surface area contributed by atoms with Crippen molar-refractivity contribution < 1.29 is 14.3 Å². The minimum absolute atomic E-state index is 0.124. The van der Waals surface area contributed by atoms with E-state index in [9.17, 15) is 14.4 Å². The van der Waals surface area contributed by atoms with Crippen LogP contribution in [0.1, 0.15) is 97.3 Å². The third-order valence-corrected chi connectivity index (χ3v) is 6.70. The molecule has 1 saturated heterocycles. The molecule has 9 nitrogen and oxygen atoms in total. The van der Waals surface area contributed by atoms with Crippen molar-refractivity contribution in [3.8, 4) is 0 Å². The Hall–Kier alpha value is -3.49. The summed E-state index contributed by atoms with van der Waals surface area (Å²) in [4.78, 5) is 47.3. The second kappa shape index (κ2) is 12.5. The number of ether oxygens (including phenoxy) is 1. The highest BCUT2D eigenvalue weighted by atomic mass is 16.5. The largest absolute Gasteiger partial charge is 0.465 e. The molecule has 3 rings (SSSR count). The summed E-state index contributed by atoms with van der Waals surface area (Å²) in [5, 5.41) is 11.5. The normalized spacial score (nSPS) is 16.3. The van der Waals surface area contributed by atoms with Gasteiger partial charge < -0.3 is 25.3 Å². The van der Waals surface area contributed by atoms with E-state index in [4.69, 9.17) is 15.1 Å². The lowest BCUT2D eigenvalue weighted by Crippen LogP contribution is -2.40. The van der Waals surface area contributed by atoms with Gasteiger partial charge in [0.05, 0.1) is 12.7 Å². The maximum Gasteiger partial charge on any atom is 0.337 e. The van der Waals surface area contributed by atoms with Crippen LogP contribution in [0.4, 0.5) is 5.82 Å². The number of unbranched alkanes of at least 4 members (excludes halogenated alkanes) is 1. The SMILES string of the molecule is CCCCC(CC)Nc1nc(C2CCCN(C(=O)c3ccc(C(=O)OC)cc3)C2)[nH]c(=O)c1C(C)=N. The molecule has 2 atom stereocenters. The van der Waals surface area contributed by atoms with Gasteiger partial charge in [-0.25, -0.2) is 9.78 Å². The highest BCUT2D eigenvalue weighted by Gasteiger charge is 2.28. The van der Waals surface area contributed by atoms with Crippen molar-refractivity contribution in [2.24, 2.45) is 0 Å². The van der Waals surface area contributed by atoms with Gasteiger partial charge >= 0.3 is 5.97 Å². The molecule has 1 fully saturated rings. The second-order valence-electron chi connectivity index (χ2n) is 9.35. The van der Waals surface area contributed by atoms with Crippen molar-refractivity contribution in [2.45, 2.75) is 71.3 Å². The maximum atomic E-state index is 13.2. The first-order valence-corrected chi connectivity index (χ1v) is 12.7. The minimum Gasteiger partial charge on any atom is -0.465 e. The Labute approximate surface area is 212 Å². The fourth-order valence-corrected chi connectivity index (χ4v) is 4.59. The summed E-state index contributed by atoms with van der Waals surface area (Å²) < 4.78 is 4.72. The molecule has 1 aromatic carbocycles. The maximum absolute atomic E-state index is 13.2. The first-order chi connectivity index (χ1) is 17.3. The summed E-state index contributed by atoms with van der Waals surface area (Å²) in [7, 11) is 1.32. The lowest BCUT2D eigenvalue weighted by molar-refractivity contribution is 0.0599. The van der Waals surface area contributed by atoms with Gasteiger partial charge in [0.2, 0.25) is 0 Å². The van der Waals surface area contributed by atoms with Gasteiger partial charge in [0.25, 0.3) is 11.5 Å². The first kappa shape index (κ1) is 27.1. The Bertz CT molecular complexity index is 1140. The molecule has 1 aromatic heterocycles. The van der Waals surface area contributed by atoms with Crippen LogP contribution in [0.2, 0.25) is 0 Å². The van der Waals surface area contributed by atoms with Gasteiger partial charge in [0.1, 0.15) is 17.2 Å². The molecule has 9 heteroatoms. The Morgan fingerprint density at radius 1 is 1.25 bits per heavy atom. The van der Waals surface area contributed by atoms with Crippen LogP contribution in [-0.2, 0) is 4.74 Å². The van der Waals surface area contributed by atoms with Gasteiger partial charge in [-0.15, -0.1) is 0 Å². The van der Waals surface area contributed by atoms with Crippen LogP contribution in [0.3, 0.4) is 0 Å². The van der Waals surface area contributed by atoms with E-state index in [1.807, 2.05) is 0 Å². The Balaban J connectivity index is 1.83. The standard InChI is InChI=1S/C27H37N5O4/c1-5-7-10-21(6-2)29-24-22(17(3)28)25(33)31-23(30-24)20-9-8-15-32(16-20)26(34)18-11-13-19(14-12-18)27(35)36-4/h11-14,20-21,28H,5-10,15-16H2,1-4H3,(H2,29,30,31,33). The van der Waals surface area contributed by atoms with Crippen LogP contribution in [-0.4, -0.2) is 58.7 Å². The number of carbonyl (C=O) groups excluding carboxylic acids is 2. The number of aromatic nitrogens is 2. The molecule has 2 unspecified atom stereocenters. The summed E-state index contributed by atoms with van der Waals surface area (Å²) in [6.07, 6.45) is 5.58. The zero-order chi connectivity index (χ0) is 26.2. The van der Waals surface area contributed by atoms with Gasteiger partial charge in [0, 0.05) is 36.3 Å². The number of rotatable bonds is 10. The highest BCUT2D eigenvalue weighted by Crippen LogP contribution is 2.27. The average Bonchev–Trinajstić information content (AvgIpc) is 2.89. The average molecular weight is 496 g/mol. The summed E-state index contributed by atoms with van der Waals surface area (Å²) in [5.74, 6) is 0.285. The molecule has 1 aliphatic heterocycles. The number of methoxy groups -OCH3 is 1. The number of hydrogen-bond acceptors (Lipinski definition) is 7. The zero-order valence-electron chi connectivity index (χ0n) is 21.6. The molecule has 1 amide bonds. The molecular formula is C27H37N5O4. The van der Waals surface area contributed by atoms with Gasteiger partial charge in [-0.1, -0.05) is 26.7 Å². The lowest BCUT2D eigenvalue weighted by atomic mass is 9.96. The van der Waals surface area contributed by atoms with E-state index >= 15 is 0 Å². The number of esters is 1. The van der Waals surface area contributed by atoms with Gasteiger partial charge in [-0.2, -0.15) is 0 Å². The number of piperidine rings is 1. The second-order valence-corrected chi connectivity index (χ2v) is 9.35. The van der Waals surface area contributed by atoms with E-state index in [0.29, 0.717) is 35.9 Å². The monoisotopic (exact) mass is 495 g/mol. The van der Waals surface area contributed by atoms with Crippen LogP contribution < -0.4 is 10.9 Å². The van der Waals surface area contributed by atoms with E-state index < -0.39 is 5.97 Å². The van der Waals surface area contributed by atoms with Gasteiger partial charge in [-0.3, -0.25) is 9.59 Å². The summed E-state index contributed by atoms with van der Waals surface area (Å²) in [5.41, 5.74) is 0.978. The van der Waals surface area contributed by atoms with Crippen molar-refractivity contribution in [1.29, 1.82) is 5.41 Å². The predicted molar refractivity (Wildman–Crippen MR) is 140 cm³/mol. The molecule has 2 heterocycles. The molecular weight excluding hydrogens is 458 g/mol. The fourth-order valence-electron chi connectivity index (χ4n) is 4.59. The van der Waals surface area contributed by atoms with Crippen molar-refractivity contribution in [3.05, 3.63) is 57.1 Å². The lowest BCUT2D eigenvalue weighted by Gasteiger charge is -2.32. The number of likely N-dealkylation sites (tertiary alicyclic amines) is 1. The third kappa shape index (κ3) is 6.38. The molecule has 36 heavy (non-hydrogen) atoms. The summed E-state index contributed by atoms with van der Waals surface area (Å²) in [6.45, 7) is 6.87. The smallest absolute Gasteiger partial charge is 0.337 e. The summed E-state index contributed by atoms with van der Waals surface area (Å²) >= 11 is 0. The van der Waals surface area contributed by atoms with Gasteiger partial charge in [0.15, 0.2) is 0 Å². The topological polar surface area (TPSA) is 128 Å². The highest BCUT2D eigenvalue weighted by molar-refractivity contribution is 6.00. The van der Waals surface area contributed by atoms with E-state index in [-0.39, 0.29) is 34.7 Å². The minimum atomic E-state index is -0.449. The number of amides is 1. The Kier molecular flexibility index (Phi) is 9.38. The molecule has 1 aliphatic rings. The van der Waals surface area contributed by atoms with E-state index in [1.54, 1.807) is 36.1 Å². The number of anilines is 1. The summed E-state index contributed by atoms with van der Waals surface area (Å²) in [6, 6.07) is 6.59. The van der Waals surface area contributed by atoms with Crippen LogP contribution in [0, 0.1) is 5.41 Å².